The van der Waals surface area contributed by atoms with Crippen LogP contribution in [0.3, 0.4) is 0 Å². The molecule has 1 aliphatic carbocycles. The van der Waals surface area contributed by atoms with Crippen LogP contribution in [0.4, 0.5) is 8.78 Å². The number of hydrogen-bond acceptors (Lipinski definition) is 1. The molecule has 0 heterocycles. The van der Waals surface area contributed by atoms with Gasteiger partial charge in [0.05, 0.1) is 0 Å². The quantitative estimate of drug-likeness (QED) is 0.905. The average molecular weight is 287 g/mol. The molecule has 3 rings (SSSR count). The fourth-order valence-corrected chi connectivity index (χ4v) is 3.32. The van der Waals surface area contributed by atoms with Crippen molar-refractivity contribution in [2.24, 2.45) is 5.73 Å². The molecule has 0 saturated heterocycles. The van der Waals surface area contributed by atoms with E-state index in [1.54, 1.807) is 0 Å². The fourth-order valence-electron chi connectivity index (χ4n) is 3.32. The van der Waals surface area contributed by atoms with Crippen LogP contribution in [0.25, 0.3) is 0 Å². The summed E-state index contributed by atoms with van der Waals surface area (Å²) in [4.78, 5) is 0. The molecular formula is C18H19F2N. The van der Waals surface area contributed by atoms with Crippen molar-refractivity contribution in [2.45, 2.75) is 37.1 Å². The van der Waals surface area contributed by atoms with E-state index < -0.39 is 11.6 Å². The van der Waals surface area contributed by atoms with Crippen LogP contribution in [-0.4, -0.2) is 6.04 Å². The van der Waals surface area contributed by atoms with Crippen LogP contribution in [-0.2, 0) is 11.8 Å². The molecule has 1 nitrogen and oxygen atoms in total. The highest BCUT2D eigenvalue weighted by atomic mass is 19.1. The van der Waals surface area contributed by atoms with Crippen LogP contribution in [0, 0.1) is 11.6 Å². The zero-order valence-electron chi connectivity index (χ0n) is 11.9. The lowest BCUT2D eigenvalue weighted by Gasteiger charge is -2.47. The van der Waals surface area contributed by atoms with Crippen LogP contribution in [0.15, 0.2) is 48.5 Å². The summed E-state index contributed by atoms with van der Waals surface area (Å²) in [7, 11) is 0. The third-order valence-electron chi connectivity index (χ3n) is 4.76. The van der Waals surface area contributed by atoms with Crippen LogP contribution < -0.4 is 5.73 Å². The Morgan fingerprint density at radius 1 is 1.05 bits per heavy atom. The smallest absolute Gasteiger partial charge is 0.129 e. The Morgan fingerprint density at radius 2 is 1.76 bits per heavy atom. The van der Waals surface area contributed by atoms with E-state index in [4.69, 9.17) is 5.73 Å². The molecule has 1 saturated carbocycles. The molecule has 3 heteroatoms. The minimum atomic E-state index is -0.550. The molecule has 0 aliphatic heterocycles. The molecule has 2 N–H and O–H groups in total. The van der Waals surface area contributed by atoms with Gasteiger partial charge in [0.1, 0.15) is 11.6 Å². The molecule has 0 aromatic heterocycles. The maximum Gasteiger partial charge on any atom is 0.129 e. The zero-order valence-corrected chi connectivity index (χ0v) is 11.9. The van der Waals surface area contributed by atoms with Crippen molar-refractivity contribution >= 4 is 0 Å². The molecule has 2 aromatic rings. The first-order valence-electron chi connectivity index (χ1n) is 7.37. The first-order chi connectivity index (χ1) is 10.1. The number of nitrogens with two attached hydrogens (primary N) is 1. The lowest BCUT2D eigenvalue weighted by Crippen LogP contribution is -2.51. The van der Waals surface area contributed by atoms with Crippen molar-refractivity contribution in [2.75, 3.05) is 0 Å². The first-order valence-corrected chi connectivity index (χ1v) is 7.37. The van der Waals surface area contributed by atoms with E-state index in [-0.39, 0.29) is 11.5 Å². The Hall–Kier alpha value is -1.74. The van der Waals surface area contributed by atoms with Crippen molar-refractivity contribution in [3.63, 3.8) is 0 Å². The molecular weight excluding hydrogens is 268 g/mol. The van der Waals surface area contributed by atoms with Crippen LogP contribution in [0.5, 0.6) is 0 Å². The maximum atomic E-state index is 13.8. The van der Waals surface area contributed by atoms with E-state index in [2.05, 4.69) is 12.1 Å². The number of halogens is 2. The Kier molecular flexibility index (Phi) is 3.77. The number of benzene rings is 2. The van der Waals surface area contributed by atoms with Crippen LogP contribution in [0.1, 0.15) is 30.4 Å². The summed E-state index contributed by atoms with van der Waals surface area (Å²) in [6.45, 7) is 0. The molecule has 1 fully saturated rings. The Bertz CT molecular complexity index is 620. The van der Waals surface area contributed by atoms with Gasteiger partial charge in [0, 0.05) is 17.5 Å². The first kappa shape index (κ1) is 14.2. The van der Waals surface area contributed by atoms with Gasteiger partial charge in [0.2, 0.25) is 0 Å². The molecule has 0 radical (unpaired) electrons. The average Bonchev–Trinajstić information content (AvgIpc) is 2.42. The van der Waals surface area contributed by atoms with Gasteiger partial charge >= 0.3 is 0 Å². The van der Waals surface area contributed by atoms with Gasteiger partial charge in [-0.3, -0.25) is 0 Å². The van der Waals surface area contributed by atoms with Crippen molar-refractivity contribution in [1.29, 1.82) is 0 Å². The van der Waals surface area contributed by atoms with Crippen LogP contribution in [0.2, 0.25) is 0 Å². The summed E-state index contributed by atoms with van der Waals surface area (Å²) in [6, 6.07) is 13.8. The third kappa shape index (κ3) is 2.58. The van der Waals surface area contributed by atoms with Gasteiger partial charge < -0.3 is 5.73 Å². The molecule has 1 atom stereocenters. The topological polar surface area (TPSA) is 26.0 Å². The highest BCUT2D eigenvalue weighted by molar-refractivity contribution is 5.32. The van der Waals surface area contributed by atoms with E-state index in [1.807, 2.05) is 18.2 Å². The molecule has 2 aromatic carbocycles. The second kappa shape index (κ2) is 5.57. The van der Waals surface area contributed by atoms with E-state index >= 15 is 0 Å². The zero-order chi connectivity index (χ0) is 14.9. The van der Waals surface area contributed by atoms with Crippen molar-refractivity contribution < 1.29 is 8.78 Å². The van der Waals surface area contributed by atoms with E-state index in [0.717, 1.165) is 25.3 Å². The lowest BCUT2D eigenvalue weighted by atomic mass is 9.59. The Morgan fingerprint density at radius 3 is 2.33 bits per heavy atom. The van der Waals surface area contributed by atoms with Crippen molar-refractivity contribution in [3.05, 3.63) is 71.3 Å². The second-order valence-electron chi connectivity index (χ2n) is 5.92. The third-order valence-corrected chi connectivity index (χ3v) is 4.76. The van der Waals surface area contributed by atoms with Gasteiger partial charge in [-0.05, 0) is 36.5 Å². The van der Waals surface area contributed by atoms with Crippen molar-refractivity contribution in [3.8, 4) is 0 Å². The Balaban J connectivity index is 1.85. The van der Waals surface area contributed by atoms with Gasteiger partial charge in [-0.25, -0.2) is 8.78 Å². The highest BCUT2D eigenvalue weighted by Gasteiger charge is 2.43. The summed E-state index contributed by atoms with van der Waals surface area (Å²) >= 11 is 0. The summed E-state index contributed by atoms with van der Waals surface area (Å²) in [6.07, 6.45) is 3.64. The van der Waals surface area contributed by atoms with Gasteiger partial charge in [-0.15, -0.1) is 0 Å². The Labute approximate surface area is 123 Å². The van der Waals surface area contributed by atoms with Gasteiger partial charge in [0.25, 0.3) is 0 Å². The van der Waals surface area contributed by atoms with Crippen LogP contribution >= 0.6 is 0 Å². The molecule has 0 spiro atoms. The minimum Gasteiger partial charge on any atom is -0.327 e. The number of hydrogen-bond donors (Lipinski definition) is 1. The second-order valence-corrected chi connectivity index (χ2v) is 5.92. The van der Waals surface area contributed by atoms with E-state index in [9.17, 15) is 8.78 Å². The summed E-state index contributed by atoms with van der Waals surface area (Å²) in [5.74, 6) is -1.06. The predicted molar refractivity (Wildman–Crippen MR) is 80.0 cm³/mol. The molecule has 1 aliphatic rings. The summed E-state index contributed by atoms with van der Waals surface area (Å²) in [5.41, 5.74) is 8.08. The SMILES string of the molecule is NC(Cc1ccc(F)cc1F)C1(c2ccccc2)CCC1. The van der Waals surface area contributed by atoms with Gasteiger partial charge in [-0.1, -0.05) is 42.8 Å². The van der Waals surface area contributed by atoms with Gasteiger partial charge in [0.15, 0.2) is 0 Å². The maximum absolute atomic E-state index is 13.8. The molecule has 21 heavy (non-hydrogen) atoms. The predicted octanol–water partition coefficient (Wildman–Crippen LogP) is 3.96. The lowest BCUT2D eigenvalue weighted by molar-refractivity contribution is 0.193. The normalized spacial score (nSPS) is 18.0. The summed E-state index contributed by atoms with van der Waals surface area (Å²) in [5, 5.41) is 0. The molecule has 110 valence electrons. The highest BCUT2D eigenvalue weighted by Crippen LogP contribution is 2.46. The molecule has 0 amide bonds. The number of rotatable bonds is 4. The standard InChI is InChI=1S/C18H19F2N/c19-15-8-7-13(16(20)12-15)11-17(21)18(9-4-10-18)14-5-2-1-3-6-14/h1-3,5-8,12,17H,4,9-11,21H2. The van der Waals surface area contributed by atoms with Gasteiger partial charge in [-0.2, -0.15) is 0 Å². The van der Waals surface area contributed by atoms with E-state index in [0.29, 0.717) is 12.0 Å². The van der Waals surface area contributed by atoms with E-state index in [1.165, 1.54) is 17.7 Å². The minimum absolute atomic E-state index is 0.0674. The monoisotopic (exact) mass is 287 g/mol. The molecule has 0 bridgehead atoms. The largest absolute Gasteiger partial charge is 0.327 e. The summed E-state index contributed by atoms with van der Waals surface area (Å²) < 4.78 is 26.8. The van der Waals surface area contributed by atoms with Crippen molar-refractivity contribution in [1.82, 2.24) is 0 Å². The molecule has 1 unspecified atom stereocenters. The fraction of sp³-hybridized carbons (Fsp3) is 0.333.